The fraction of sp³-hybridized carbons (Fsp3) is 0.250. The minimum absolute atomic E-state index is 0.00543. The molecule has 2 aliphatic heterocycles. The van der Waals surface area contributed by atoms with Crippen LogP contribution in [0, 0.1) is 0 Å². The Bertz CT molecular complexity index is 1540. The van der Waals surface area contributed by atoms with Crippen LogP contribution in [-0.4, -0.2) is 38.3 Å². The summed E-state index contributed by atoms with van der Waals surface area (Å²) in [6.07, 6.45) is 2.63. The monoisotopic (exact) mass is 564 g/mol. The van der Waals surface area contributed by atoms with E-state index in [1.807, 2.05) is 0 Å². The molecule has 6 rings (SSSR count). The Balaban J connectivity index is 1.62. The van der Waals surface area contributed by atoms with Gasteiger partial charge in [-0.15, -0.1) is 23.5 Å². The highest BCUT2D eigenvalue weighted by atomic mass is 32.2. The Hall–Kier alpha value is -2.85. The molecule has 2 unspecified atom stereocenters. The second kappa shape index (κ2) is 7.63. The fourth-order valence-corrected chi connectivity index (χ4v) is 8.72. The standard InChI is InChI=1S/C28H18F6O2S2/c1-24-17(12-19(37-24)14-6-4-3-5-7-14)21-22(27(31,32)28(33,34)26(21,29)30)18-13-20(38-25(18,24)2)15-8-10-16(11-9-15)23(35)36/h3-13H,1-2H3,(H,35,36). The molecule has 0 bridgehead atoms. The number of benzene rings is 2. The van der Waals surface area contributed by atoms with Crippen molar-refractivity contribution in [1.29, 1.82) is 0 Å². The summed E-state index contributed by atoms with van der Waals surface area (Å²) in [5.41, 5.74) is -1.99. The van der Waals surface area contributed by atoms with Crippen molar-refractivity contribution in [3.05, 3.63) is 106 Å². The zero-order valence-electron chi connectivity index (χ0n) is 19.8. The lowest BCUT2D eigenvalue weighted by molar-refractivity contribution is -0.258. The van der Waals surface area contributed by atoms with Crippen molar-refractivity contribution in [3.63, 3.8) is 0 Å². The summed E-state index contributed by atoms with van der Waals surface area (Å²) in [6, 6.07) is 14.4. The molecule has 2 heterocycles. The largest absolute Gasteiger partial charge is 0.478 e. The summed E-state index contributed by atoms with van der Waals surface area (Å²) >= 11 is 2.32. The summed E-state index contributed by atoms with van der Waals surface area (Å²) in [5.74, 6) is -17.0. The second-order valence-corrected chi connectivity index (χ2v) is 12.8. The van der Waals surface area contributed by atoms with Crippen molar-refractivity contribution in [2.75, 3.05) is 0 Å². The van der Waals surface area contributed by atoms with Crippen LogP contribution in [0.5, 0.6) is 0 Å². The highest BCUT2D eigenvalue weighted by Gasteiger charge is 2.84. The first-order chi connectivity index (χ1) is 17.7. The van der Waals surface area contributed by atoms with E-state index in [9.17, 15) is 18.7 Å². The van der Waals surface area contributed by atoms with Gasteiger partial charge >= 0.3 is 23.7 Å². The normalized spacial score (nSPS) is 30.0. The number of thioether (sulfide) groups is 2. The second-order valence-electron chi connectivity index (χ2n) is 9.84. The number of fused-ring (bicyclic) bond motifs is 4. The third-order valence-electron chi connectivity index (χ3n) is 7.80. The molecule has 0 spiro atoms. The van der Waals surface area contributed by atoms with Crippen molar-refractivity contribution in [2.24, 2.45) is 0 Å². The molecule has 0 radical (unpaired) electrons. The van der Waals surface area contributed by atoms with Crippen LogP contribution in [0.4, 0.5) is 26.3 Å². The highest BCUT2D eigenvalue weighted by molar-refractivity contribution is 8.14. The lowest BCUT2D eigenvalue weighted by Crippen LogP contribution is -2.48. The van der Waals surface area contributed by atoms with Gasteiger partial charge in [-0.3, -0.25) is 0 Å². The van der Waals surface area contributed by atoms with Crippen LogP contribution in [0.1, 0.15) is 35.3 Å². The predicted molar refractivity (Wildman–Crippen MR) is 137 cm³/mol. The maximum atomic E-state index is 15.4. The van der Waals surface area contributed by atoms with Gasteiger partial charge in [-0.2, -0.15) is 26.3 Å². The fourth-order valence-electron chi connectivity index (χ4n) is 5.57. The molecule has 2 aromatic rings. The van der Waals surface area contributed by atoms with Gasteiger partial charge in [0.05, 0.1) is 15.1 Å². The molecule has 2 nitrogen and oxygen atoms in total. The number of alkyl halides is 6. The average Bonchev–Trinajstić information content (AvgIpc) is 3.44. The quantitative estimate of drug-likeness (QED) is 0.381. The molecule has 1 N–H and O–H groups in total. The predicted octanol–water partition coefficient (Wildman–Crippen LogP) is 8.30. The molecule has 2 aliphatic carbocycles. The number of hydrogen-bond donors (Lipinski definition) is 1. The lowest BCUT2D eigenvalue weighted by atomic mass is 9.71. The van der Waals surface area contributed by atoms with Crippen molar-refractivity contribution in [2.45, 2.75) is 41.1 Å². The van der Waals surface area contributed by atoms with Crippen LogP contribution < -0.4 is 0 Å². The molecule has 2 aromatic carbocycles. The van der Waals surface area contributed by atoms with Crippen LogP contribution in [0.15, 0.2) is 89.0 Å². The molecule has 1 fully saturated rings. The average molecular weight is 565 g/mol. The van der Waals surface area contributed by atoms with E-state index < -0.39 is 44.4 Å². The third-order valence-corrected chi connectivity index (χ3v) is 11.1. The SMILES string of the molecule is CC12SC(c3ccccc3)=CC1=C1C(=C3C=C(c4ccc(C(=O)O)cc4)SC32C)C(F)(F)C(F)(F)C1(F)F. The number of hydrogen-bond acceptors (Lipinski definition) is 3. The minimum atomic E-state index is -5.62. The summed E-state index contributed by atoms with van der Waals surface area (Å²) < 4.78 is 88.6. The molecule has 1 saturated carbocycles. The Morgan fingerprint density at radius 2 is 1.11 bits per heavy atom. The van der Waals surface area contributed by atoms with E-state index >= 15 is 17.6 Å². The number of carboxylic acid groups (broad SMARTS) is 1. The first kappa shape index (κ1) is 25.4. The Labute approximate surface area is 222 Å². The Morgan fingerprint density at radius 3 is 1.53 bits per heavy atom. The number of aromatic carboxylic acids is 1. The maximum absolute atomic E-state index is 15.4. The number of carbonyl (C=O) groups is 1. The van der Waals surface area contributed by atoms with Gasteiger partial charge in [0.1, 0.15) is 0 Å². The maximum Gasteiger partial charge on any atom is 0.380 e. The summed E-state index contributed by atoms with van der Waals surface area (Å²) in [7, 11) is 0. The lowest BCUT2D eigenvalue weighted by Gasteiger charge is -2.47. The van der Waals surface area contributed by atoms with Crippen molar-refractivity contribution >= 4 is 39.3 Å². The Kier molecular flexibility index (Phi) is 5.10. The summed E-state index contributed by atoms with van der Waals surface area (Å²) in [6.45, 7) is 3.25. The van der Waals surface area contributed by atoms with E-state index in [0.29, 0.717) is 20.9 Å². The van der Waals surface area contributed by atoms with Gasteiger partial charge in [-0.1, -0.05) is 42.5 Å². The first-order valence-corrected chi connectivity index (χ1v) is 13.1. The summed E-state index contributed by atoms with van der Waals surface area (Å²) in [4.78, 5) is 12.2. The third kappa shape index (κ3) is 2.93. The number of carboxylic acids is 1. The molecular formula is C28H18F6O2S2. The number of allylic oxidation sites excluding steroid dienone is 4. The molecule has 196 valence electrons. The van der Waals surface area contributed by atoms with E-state index in [0.717, 1.165) is 11.8 Å². The van der Waals surface area contributed by atoms with Crippen LogP contribution in [0.3, 0.4) is 0 Å². The van der Waals surface area contributed by atoms with Crippen molar-refractivity contribution in [3.8, 4) is 0 Å². The van der Waals surface area contributed by atoms with E-state index in [4.69, 9.17) is 0 Å². The van der Waals surface area contributed by atoms with Crippen LogP contribution >= 0.6 is 23.5 Å². The first-order valence-electron chi connectivity index (χ1n) is 11.5. The van der Waals surface area contributed by atoms with Gasteiger partial charge in [0.2, 0.25) is 0 Å². The van der Waals surface area contributed by atoms with Gasteiger partial charge < -0.3 is 5.11 Å². The van der Waals surface area contributed by atoms with Gasteiger partial charge in [0, 0.05) is 21.0 Å². The van der Waals surface area contributed by atoms with Gasteiger partial charge in [-0.25, -0.2) is 4.79 Å². The van der Waals surface area contributed by atoms with E-state index in [2.05, 4.69) is 0 Å². The Morgan fingerprint density at radius 1 is 0.684 bits per heavy atom. The van der Waals surface area contributed by atoms with E-state index in [1.165, 1.54) is 48.2 Å². The van der Waals surface area contributed by atoms with Crippen LogP contribution in [-0.2, 0) is 0 Å². The summed E-state index contributed by atoms with van der Waals surface area (Å²) in [5, 5.41) is 9.20. The van der Waals surface area contributed by atoms with Gasteiger partial charge in [0.25, 0.3) is 0 Å². The van der Waals surface area contributed by atoms with Crippen molar-refractivity contribution in [1.82, 2.24) is 0 Å². The zero-order valence-corrected chi connectivity index (χ0v) is 21.4. The van der Waals surface area contributed by atoms with Crippen molar-refractivity contribution < 1.29 is 36.2 Å². The van der Waals surface area contributed by atoms with Crippen LogP contribution in [0.25, 0.3) is 9.81 Å². The van der Waals surface area contributed by atoms with Gasteiger partial charge in [-0.05, 0) is 60.4 Å². The number of halogens is 6. The molecule has 2 atom stereocenters. The van der Waals surface area contributed by atoms with E-state index in [-0.39, 0.29) is 16.7 Å². The van der Waals surface area contributed by atoms with Gasteiger partial charge in [0.15, 0.2) is 0 Å². The molecule has 0 saturated heterocycles. The zero-order chi connectivity index (χ0) is 27.5. The molecule has 0 aromatic heterocycles. The molecule has 38 heavy (non-hydrogen) atoms. The molecule has 10 heteroatoms. The topological polar surface area (TPSA) is 37.3 Å². The number of rotatable bonds is 3. The molecular weight excluding hydrogens is 546 g/mol. The smallest absolute Gasteiger partial charge is 0.380 e. The molecule has 4 aliphatic rings. The minimum Gasteiger partial charge on any atom is -0.478 e. The highest BCUT2D eigenvalue weighted by Crippen LogP contribution is 2.75. The molecule has 0 amide bonds. The van der Waals surface area contributed by atoms with Crippen LogP contribution in [0.2, 0.25) is 0 Å². The van der Waals surface area contributed by atoms with E-state index in [1.54, 1.807) is 44.2 Å².